The summed E-state index contributed by atoms with van der Waals surface area (Å²) in [5, 5.41) is 2.64. The molecule has 2 rings (SSSR count). The molecule has 4 nitrogen and oxygen atoms in total. The van der Waals surface area contributed by atoms with Crippen LogP contribution in [0.25, 0.3) is 6.08 Å². The highest BCUT2D eigenvalue weighted by molar-refractivity contribution is 9.10. The van der Waals surface area contributed by atoms with Crippen molar-refractivity contribution in [1.82, 2.24) is 5.32 Å². The minimum absolute atomic E-state index is 0.239. The molecule has 0 bridgehead atoms. The van der Waals surface area contributed by atoms with Crippen LogP contribution in [0, 0.1) is 0 Å². The fourth-order valence-corrected chi connectivity index (χ4v) is 2.38. The maximum Gasteiger partial charge on any atom is 0.407 e. The monoisotopic (exact) mass is 373 g/mol. The molecule has 23 heavy (non-hydrogen) atoms. The first-order valence-electron chi connectivity index (χ1n) is 7.05. The van der Waals surface area contributed by atoms with Crippen molar-refractivity contribution >= 4 is 34.4 Å². The topological polar surface area (TPSA) is 55.4 Å². The minimum Gasteiger partial charge on any atom is -0.445 e. The maximum atomic E-state index is 11.6. The van der Waals surface area contributed by atoms with Crippen molar-refractivity contribution in [2.45, 2.75) is 6.61 Å². The Morgan fingerprint density at radius 3 is 2.57 bits per heavy atom. The molecule has 1 amide bonds. The zero-order valence-corrected chi connectivity index (χ0v) is 14.0. The molecule has 0 unspecified atom stereocenters. The third-order valence-electron chi connectivity index (χ3n) is 3.06. The predicted octanol–water partition coefficient (Wildman–Crippen LogP) is 4.20. The van der Waals surface area contributed by atoms with Crippen molar-refractivity contribution in [3.8, 4) is 0 Å². The summed E-state index contributed by atoms with van der Waals surface area (Å²) >= 11 is 3.38. The fourth-order valence-electron chi connectivity index (χ4n) is 1.89. The number of carbonyl (C=O) groups is 2. The van der Waals surface area contributed by atoms with Gasteiger partial charge >= 0.3 is 6.09 Å². The standard InChI is InChI=1S/C18H16BrNO3/c19-17-15(8-4-9-16(17)12-21)10-5-11-20-18(22)23-13-14-6-2-1-3-7-14/h1-10,12H,11,13H2,(H,20,22). The normalized spacial score (nSPS) is 10.5. The third-order valence-corrected chi connectivity index (χ3v) is 3.98. The molecular weight excluding hydrogens is 358 g/mol. The van der Waals surface area contributed by atoms with E-state index in [1.54, 1.807) is 18.2 Å². The van der Waals surface area contributed by atoms with E-state index in [1.165, 1.54) is 0 Å². The van der Waals surface area contributed by atoms with Gasteiger partial charge in [0.05, 0.1) is 0 Å². The van der Waals surface area contributed by atoms with Crippen molar-refractivity contribution in [2.24, 2.45) is 0 Å². The molecule has 118 valence electrons. The second kappa shape index (κ2) is 8.90. The lowest BCUT2D eigenvalue weighted by Crippen LogP contribution is -2.24. The van der Waals surface area contributed by atoms with Gasteiger partial charge in [0.25, 0.3) is 0 Å². The van der Waals surface area contributed by atoms with Crippen LogP contribution in [-0.4, -0.2) is 18.9 Å². The van der Waals surface area contributed by atoms with Crippen LogP contribution < -0.4 is 5.32 Å². The second-order valence-electron chi connectivity index (χ2n) is 4.71. The molecule has 0 aliphatic heterocycles. The number of nitrogens with one attached hydrogen (secondary N) is 1. The van der Waals surface area contributed by atoms with Crippen molar-refractivity contribution in [3.63, 3.8) is 0 Å². The number of amides is 1. The first kappa shape index (κ1) is 17.0. The number of hydrogen-bond donors (Lipinski definition) is 1. The Kier molecular flexibility index (Phi) is 6.56. The number of rotatable bonds is 6. The molecule has 0 saturated heterocycles. The molecule has 0 heterocycles. The highest BCUT2D eigenvalue weighted by Crippen LogP contribution is 2.21. The number of carbonyl (C=O) groups excluding carboxylic acids is 2. The Balaban J connectivity index is 1.78. The van der Waals surface area contributed by atoms with Gasteiger partial charge in [-0.1, -0.05) is 60.7 Å². The summed E-state index contributed by atoms with van der Waals surface area (Å²) < 4.78 is 5.84. The number of benzene rings is 2. The van der Waals surface area contributed by atoms with E-state index in [-0.39, 0.29) is 6.61 Å². The molecule has 0 atom stereocenters. The van der Waals surface area contributed by atoms with Gasteiger partial charge < -0.3 is 10.1 Å². The van der Waals surface area contributed by atoms with Gasteiger partial charge in [0.2, 0.25) is 0 Å². The molecule has 2 aromatic rings. The SMILES string of the molecule is O=Cc1cccc(C=CCNC(=O)OCc2ccccc2)c1Br. The summed E-state index contributed by atoms with van der Waals surface area (Å²) in [6.07, 6.45) is 3.94. The molecule has 0 aliphatic carbocycles. The Bertz CT molecular complexity index is 699. The summed E-state index contributed by atoms with van der Waals surface area (Å²) in [7, 11) is 0. The fraction of sp³-hybridized carbons (Fsp3) is 0.111. The van der Waals surface area contributed by atoms with Gasteiger partial charge in [0.1, 0.15) is 6.61 Å². The van der Waals surface area contributed by atoms with Crippen molar-refractivity contribution in [3.05, 3.63) is 75.8 Å². The van der Waals surface area contributed by atoms with Gasteiger partial charge in [-0.05, 0) is 27.1 Å². The second-order valence-corrected chi connectivity index (χ2v) is 5.51. The molecule has 0 fully saturated rings. The van der Waals surface area contributed by atoms with Crippen LogP contribution in [-0.2, 0) is 11.3 Å². The third kappa shape index (κ3) is 5.38. The highest BCUT2D eigenvalue weighted by atomic mass is 79.9. The van der Waals surface area contributed by atoms with Crippen molar-refractivity contribution in [2.75, 3.05) is 6.54 Å². The lowest BCUT2D eigenvalue weighted by Gasteiger charge is -2.05. The number of halogens is 1. The highest BCUT2D eigenvalue weighted by Gasteiger charge is 2.02. The van der Waals surface area contributed by atoms with E-state index in [0.29, 0.717) is 12.1 Å². The first-order valence-corrected chi connectivity index (χ1v) is 7.85. The van der Waals surface area contributed by atoms with Crippen LogP contribution >= 0.6 is 15.9 Å². The van der Waals surface area contributed by atoms with E-state index in [2.05, 4.69) is 21.2 Å². The van der Waals surface area contributed by atoms with Crippen LogP contribution in [0.15, 0.2) is 59.1 Å². The Morgan fingerprint density at radius 1 is 1.09 bits per heavy atom. The first-order chi connectivity index (χ1) is 11.2. The predicted molar refractivity (Wildman–Crippen MR) is 93.2 cm³/mol. The summed E-state index contributed by atoms with van der Waals surface area (Å²) in [5.41, 5.74) is 2.39. The van der Waals surface area contributed by atoms with Crippen molar-refractivity contribution in [1.29, 1.82) is 0 Å². The van der Waals surface area contributed by atoms with Crippen LogP contribution in [0.5, 0.6) is 0 Å². The Hall–Kier alpha value is -2.40. The quantitative estimate of drug-likeness (QED) is 0.771. The summed E-state index contributed by atoms with van der Waals surface area (Å²) in [6, 6.07) is 14.9. The van der Waals surface area contributed by atoms with Crippen LogP contribution in [0.1, 0.15) is 21.5 Å². The Morgan fingerprint density at radius 2 is 1.83 bits per heavy atom. The molecule has 0 spiro atoms. The van der Waals surface area contributed by atoms with Gasteiger partial charge in [-0.2, -0.15) is 0 Å². The largest absolute Gasteiger partial charge is 0.445 e. The van der Waals surface area contributed by atoms with Crippen LogP contribution in [0.2, 0.25) is 0 Å². The average molecular weight is 374 g/mol. The summed E-state index contributed by atoms with van der Waals surface area (Å²) in [6.45, 7) is 0.578. The average Bonchev–Trinajstić information content (AvgIpc) is 2.59. The molecule has 5 heteroatoms. The van der Waals surface area contributed by atoms with Crippen LogP contribution in [0.3, 0.4) is 0 Å². The van der Waals surface area contributed by atoms with E-state index < -0.39 is 6.09 Å². The van der Waals surface area contributed by atoms with Gasteiger partial charge in [-0.3, -0.25) is 4.79 Å². The molecule has 0 saturated carbocycles. The molecule has 1 N–H and O–H groups in total. The number of ether oxygens (including phenoxy) is 1. The minimum atomic E-state index is -0.473. The molecule has 0 radical (unpaired) electrons. The van der Waals surface area contributed by atoms with E-state index in [9.17, 15) is 9.59 Å². The smallest absolute Gasteiger partial charge is 0.407 e. The van der Waals surface area contributed by atoms with Gasteiger partial charge in [-0.25, -0.2) is 4.79 Å². The molecular formula is C18H16BrNO3. The Labute approximate surface area is 143 Å². The molecule has 0 aliphatic rings. The number of alkyl carbamates (subject to hydrolysis) is 1. The van der Waals surface area contributed by atoms with Crippen LogP contribution in [0.4, 0.5) is 4.79 Å². The molecule has 2 aromatic carbocycles. The number of aldehydes is 1. The zero-order chi connectivity index (χ0) is 16.5. The van der Waals surface area contributed by atoms with Gasteiger partial charge in [0.15, 0.2) is 6.29 Å². The maximum absolute atomic E-state index is 11.6. The van der Waals surface area contributed by atoms with E-state index in [1.807, 2.05) is 42.5 Å². The molecule has 0 aromatic heterocycles. The summed E-state index contributed by atoms with van der Waals surface area (Å²) in [4.78, 5) is 22.4. The summed E-state index contributed by atoms with van der Waals surface area (Å²) in [5.74, 6) is 0. The van der Waals surface area contributed by atoms with E-state index in [0.717, 1.165) is 21.9 Å². The van der Waals surface area contributed by atoms with E-state index in [4.69, 9.17) is 4.74 Å². The lowest BCUT2D eigenvalue weighted by molar-refractivity contribution is 0.112. The lowest BCUT2D eigenvalue weighted by atomic mass is 10.1. The van der Waals surface area contributed by atoms with E-state index >= 15 is 0 Å². The van der Waals surface area contributed by atoms with Gasteiger partial charge in [-0.15, -0.1) is 0 Å². The zero-order valence-electron chi connectivity index (χ0n) is 12.4. The number of hydrogen-bond acceptors (Lipinski definition) is 3. The van der Waals surface area contributed by atoms with Crippen molar-refractivity contribution < 1.29 is 14.3 Å². The van der Waals surface area contributed by atoms with Gasteiger partial charge in [0, 0.05) is 16.6 Å².